The minimum absolute atomic E-state index is 0.0721. The first-order chi connectivity index (χ1) is 13.6. The Morgan fingerprint density at radius 1 is 1.00 bits per heavy atom. The number of anilines is 1. The molecule has 0 unspecified atom stereocenters. The van der Waals surface area contributed by atoms with Crippen LogP contribution in [0.5, 0.6) is 0 Å². The van der Waals surface area contributed by atoms with E-state index >= 15 is 0 Å². The predicted octanol–water partition coefficient (Wildman–Crippen LogP) is 2.40. The molecule has 0 saturated heterocycles. The van der Waals surface area contributed by atoms with Crippen LogP contribution in [0, 0.1) is 0 Å². The summed E-state index contributed by atoms with van der Waals surface area (Å²) in [6, 6.07) is 16.3. The molecule has 7 heteroatoms. The highest BCUT2D eigenvalue weighted by molar-refractivity contribution is 6.03. The molecule has 2 aromatic rings. The highest BCUT2D eigenvalue weighted by Crippen LogP contribution is 2.15. The maximum Gasteiger partial charge on any atom is 0.251 e. The first kappa shape index (κ1) is 19.3. The van der Waals surface area contributed by atoms with Crippen LogP contribution in [0.25, 0.3) is 0 Å². The van der Waals surface area contributed by atoms with Crippen molar-refractivity contribution in [2.45, 2.75) is 19.3 Å². The summed E-state index contributed by atoms with van der Waals surface area (Å²) >= 11 is 0. The van der Waals surface area contributed by atoms with Gasteiger partial charge in [-0.3, -0.25) is 14.4 Å². The van der Waals surface area contributed by atoms with Crippen LogP contribution in [-0.2, 0) is 9.59 Å². The van der Waals surface area contributed by atoms with E-state index in [1.807, 2.05) is 30.3 Å². The third-order valence-electron chi connectivity index (χ3n) is 4.42. The van der Waals surface area contributed by atoms with Gasteiger partial charge in [0.15, 0.2) is 0 Å². The summed E-state index contributed by atoms with van der Waals surface area (Å²) in [6.07, 6.45) is 0.871. The van der Waals surface area contributed by atoms with Crippen molar-refractivity contribution in [3.8, 4) is 0 Å². The van der Waals surface area contributed by atoms with Crippen LogP contribution in [0.2, 0.25) is 0 Å². The number of hydrazone groups is 1. The molecule has 0 bridgehead atoms. The van der Waals surface area contributed by atoms with Crippen molar-refractivity contribution in [3.05, 3.63) is 65.7 Å². The van der Waals surface area contributed by atoms with Gasteiger partial charge in [0.2, 0.25) is 11.8 Å². The number of carbonyl (C=O) groups excluding carboxylic acids is 3. The maximum absolute atomic E-state index is 12.3. The Bertz CT molecular complexity index is 892. The lowest BCUT2D eigenvalue weighted by atomic mass is 10.1. The Labute approximate surface area is 163 Å². The zero-order chi connectivity index (χ0) is 19.9. The third kappa shape index (κ3) is 4.82. The lowest BCUT2D eigenvalue weighted by Crippen LogP contribution is -2.25. The Kier molecular flexibility index (Phi) is 6.16. The number of nitrogens with one attached hydrogen (secondary N) is 2. The van der Waals surface area contributed by atoms with E-state index in [2.05, 4.69) is 15.7 Å². The average molecular weight is 378 g/mol. The highest BCUT2D eigenvalue weighted by Gasteiger charge is 2.21. The number of benzene rings is 2. The minimum Gasteiger partial charge on any atom is -0.355 e. The van der Waals surface area contributed by atoms with E-state index in [4.69, 9.17) is 0 Å². The summed E-state index contributed by atoms with van der Waals surface area (Å²) in [6.45, 7) is 0.533. The van der Waals surface area contributed by atoms with E-state index < -0.39 is 0 Å². The summed E-state index contributed by atoms with van der Waals surface area (Å²) in [5.41, 5.74) is 2.98. The van der Waals surface area contributed by atoms with Gasteiger partial charge in [-0.15, -0.1) is 0 Å². The molecule has 0 fully saturated rings. The van der Waals surface area contributed by atoms with Gasteiger partial charge in [0.05, 0.1) is 12.3 Å². The fourth-order valence-electron chi connectivity index (χ4n) is 2.89. The molecule has 0 saturated carbocycles. The monoisotopic (exact) mass is 378 g/mol. The van der Waals surface area contributed by atoms with Crippen LogP contribution in [0.15, 0.2) is 59.7 Å². The maximum atomic E-state index is 12.3. The Hall–Kier alpha value is -3.48. The largest absolute Gasteiger partial charge is 0.355 e. The van der Waals surface area contributed by atoms with Crippen molar-refractivity contribution >= 4 is 29.1 Å². The second-order valence-corrected chi connectivity index (χ2v) is 6.38. The molecule has 0 aromatic heterocycles. The van der Waals surface area contributed by atoms with Crippen LogP contribution >= 0.6 is 0 Å². The summed E-state index contributed by atoms with van der Waals surface area (Å²) in [5, 5.41) is 11.1. The molecule has 0 atom stereocenters. The van der Waals surface area contributed by atoms with Crippen molar-refractivity contribution in [1.82, 2.24) is 10.3 Å². The van der Waals surface area contributed by atoms with Crippen molar-refractivity contribution in [2.24, 2.45) is 5.10 Å². The van der Waals surface area contributed by atoms with Gasteiger partial charge >= 0.3 is 0 Å². The molecule has 3 amide bonds. The van der Waals surface area contributed by atoms with Crippen LogP contribution in [0.1, 0.15) is 35.2 Å². The Morgan fingerprint density at radius 3 is 2.39 bits per heavy atom. The van der Waals surface area contributed by atoms with Crippen molar-refractivity contribution in [1.29, 1.82) is 0 Å². The average Bonchev–Trinajstić information content (AvgIpc) is 3.23. The molecule has 0 aliphatic carbocycles. The number of carbonyl (C=O) groups is 3. The van der Waals surface area contributed by atoms with Gasteiger partial charge in [-0.25, -0.2) is 5.01 Å². The highest BCUT2D eigenvalue weighted by atomic mass is 16.2. The molecular weight excluding hydrogens is 356 g/mol. The van der Waals surface area contributed by atoms with Gasteiger partial charge in [0.1, 0.15) is 0 Å². The topological polar surface area (TPSA) is 90.9 Å². The smallest absolute Gasteiger partial charge is 0.251 e. The summed E-state index contributed by atoms with van der Waals surface area (Å²) in [5.74, 6) is -0.618. The first-order valence-electron chi connectivity index (χ1n) is 9.12. The van der Waals surface area contributed by atoms with Crippen LogP contribution in [0.3, 0.4) is 0 Å². The molecular formula is C21H22N4O3. The van der Waals surface area contributed by atoms with E-state index in [9.17, 15) is 14.4 Å². The molecule has 0 radical (unpaired) electrons. The second kappa shape index (κ2) is 8.94. The Balaban J connectivity index is 1.49. The SMILES string of the molecule is CNC(=O)c1ccc(NC(=O)CCC(=O)N2CCC(c3ccccc3)=N2)cc1. The van der Waals surface area contributed by atoms with Crippen LogP contribution in [-0.4, -0.2) is 42.0 Å². The van der Waals surface area contributed by atoms with E-state index in [1.54, 1.807) is 31.3 Å². The third-order valence-corrected chi connectivity index (χ3v) is 4.42. The van der Waals surface area contributed by atoms with E-state index in [-0.39, 0.29) is 30.6 Å². The fourth-order valence-corrected chi connectivity index (χ4v) is 2.89. The standard InChI is InChI=1S/C21H22N4O3/c1-22-21(28)16-7-9-17(10-8-16)23-19(26)11-12-20(27)25-14-13-18(24-25)15-5-3-2-4-6-15/h2-10H,11-14H2,1H3,(H,22,28)(H,23,26). The van der Waals surface area contributed by atoms with Gasteiger partial charge in [-0.05, 0) is 29.8 Å². The zero-order valence-electron chi connectivity index (χ0n) is 15.6. The molecule has 2 aromatic carbocycles. The molecule has 7 nitrogen and oxygen atoms in total. The van der Waals surface area contributed by atoms with Gasteiger partial charge in [-0.1, -0.05) is 30.3 Å². The van der Waals surface area contributed by atoms with Gasteiger partial charge in [0, 0.05) is 37.6 Å². The quantitative estimate of drug-likeness (QED) is 0.809. The van der Waals surface area contributed by atoms with Crippen molar-refractivity contribution < 1.29 is 14.4 Å². The number of rotatable bonds is 6. The predicted molar refractivity (Wildman–Crippen MR) is 107 cm³/mol. The lowest BCUT2D eigenvalue weighted by Gasteiger charge is -2.11. The first-order valence-corrected chi connectivity index (χ1v) is 9.12. The molecule has 1 heterocycles. The molecule has 2 N–H and O–H groups in total. The van der Waals surface area contributed by atoms with E-state index in [0.717, 1.165) is 11.3 Å². The molecule has 144 valence electrons. The summed E-state index contributed by atoms with van der Waals surface area (Å²) in [7, 11) is 1.56. The zero-order valence-corrected chi connectivity index (χ0v) is 15.6. The second-order valence-electron chi connectivity index (χ2n) is 6.38. The molecule has 1 aliphatic rings. The molecule has 28 heavy (non-hydrogen) atoms. The van der Waals surface area contributed by atoms with Crippen LogP contribution in [0.4, 0.5) is 5.69 Å². The van der Waals surface area contributed by atoms with Crippen LogP contribution < -0.4 is 10.6 Å². The Morgan fingerprint density at radius 2 is 1.71 bits per heavy atom. The fraction of sp³-hybridized carbons (Fsp3) is 0.238. The molecule has 1 aliphatic heterocycles. The number of amides is 3. The van der Waals surface area contributed by atoms with Crippen molar-refractivity contribution in [2.75, 3.05) is 18.9 Å². The number of hydrogen-bond donors (Lipinski definition) is 2. The van der Waals surface area contributed by atoms with E-state index in [1.165, 1.54) is 5.01 Å². The normalized spacial score (nSPS) is 13.0. The minimum atomic E-state index is -0.257. The van der Waals surface area contributed by atoms with Gasteiger partial charge in [0.25, 0.3) is 5.91 Å². The summed E-state index contributed by atoms with van der Waals surface area (Å²) in [4.78, 5) is 35.9. The van der Waals surface area contributed by atoms with Gasteiger partial charge < -0.3 is 10.6 Å². The molecule has 3 rings (SSSR count). The van der Waals surface area contributed by atoms with Gasteiger partial charge in [-0.2, -0.15) is 5.10 Å². The van der Waals surface area contributed by atoms with E-state index in [0.29, 0.717) is 24.2 Å². The number of hydrogen-bond acceptors (Lipinski definition) is 4. The summed E-state index contributed by atoms with van der Waals surface area (Å²) < 4.78 is 0. The number of nitrogens with zero attached hydrogens (tertiary/aromatic N) is 2. The lowest BCUT2D eigenvalue weighted by molar-refractivity contribution is -0.132. The van der Waals surface area contributed by atoms with Crippen molar-refractivity contribution in [3.63, 3.8) is 0 Å². The molecule has 0 spiro atoms.